The third-order valence-electron chi connectivity index (χ3n) is 7.55. The van der Waals surface area contributed by atoms with Crippen molar-refractivity contribution in [1.29, 1.82) is 0 Å². The summed E-state index contributed by atoms with van der Waals surface area (Å²) in [5.74, 6) is 2.29. The summed E-state index contributed by atoms with van der Waals surface area (Å²) in [6, 6.07) is 13.3. The van der Waals surface area contributed by atoms with Gasteiger partial charge in [0.25, 0.3) is 5.91 Å². The highest BCUT2D eigenvalue weighted by Gasteiger charge is 2.55. The van der Waals surface area contributed by atoms with Gasteiger partial charge in [0.1, 0.15) is 5.75 Å². The molecule has 0 radical (unpaired) electrons. The van der Waals surface area contributed by atoms with Gasteiger partial charge in [-0.15, -0.1) is 11.8 Å². The van der Waals surface area contributed by atoms with Gasteiger partial charge in [-0.25, -0.2) is 0 Å². The molecule has 5 atom stereocenters. The Morgan fingerprint density at radius 1 is 1.21 bits per heavy atom. The zero-order valence-electron chi connectivity index (χ0n) is 18.7. The summed E-state index contributed by atoms with van der Waals surface area (Å²) in [6.07, 6.45) is 3.77. The lowest BCUT2D eigenvalue weighted by Crippen LogP contribution is -2.34. The van der Waals surface area contributed by atoms with Crippen LogP contribution in [0.3, 0.4) is 0 Å². The average molecular weight is 513 g/mol. The number of ether oxygens (including phenoxy) is 1. The van der Waals surface area contributed by atoms with E-state index < -0.39 is 0 Å². The number of fused-ring (bicyclic) bond motifs is 6. The Hall–Kier alpha value is -2.22. The Labute approximate surface area is 211 Å². The molecule has 0 spiro atoms. The minimum atomic E-state index is -0.209. The number of hydrogen-bond donors (Lipinski definition) is 2. The lowest BCUT2D eigenvalue weighted by Gasteiger charge is -2.40. The average Bonchev–Trinajstić information content (AvgIpc) is 3.52. The molecule has 34 heavy (non-hydrogen) atoms. The van der Waals surface area contributed by atoms with Crippen LogP contribution in [0, 0.1) is 24.7 Å². The fourth-order valence-corrected chi connectivity index (χ4v) is 9.20. The number of carbonyl (C=O) groups is 1. The maximum atomic E-state index is 12.7. The maximum absolute atomic E-state index is 12.7. The first-order valence-corrected chi connectivity index (χ1v) is 13.7. The molecule has 1 amide bonds. The van der Waals surface area contributed by atoms with E-state index in [-0.39, 0.29) is 23.3 Å². The summed E-state index contributed by atoms with van der Waals surface area (Å²) in [7, 11) is 0. The molecular formula is C26H25ClN2O3S2. The Kier molecular flexibility index (Phi) is 5.74. The summed E-state index contributed by atoms with van der Waals surface area (Å²) in [5, 5.41) is 5.06. The smallest absolute Gasteiger partial charge is 0.305 e. The van der Waals surface area contributed by atoms with Crippen molar-refractivity contribution in [2.45, 2.75) is 42.4 Å². The van der Waals surface area contributed by atoms with E-state index in [1.54, 1.807) is 6.07 Å². The van der Waals surface area contributed by atoms with Crippen molar-refractivity contribution < 1.29 is 9.53 Å². The summed E-state index contributed by atoms with van der Waals surface area (Å²) < 4.78 is 6.11. The summed E-state index contributed by atoms with van der Waals surface area (Å²) in [4.78, 5) is 29.2. The van der Waals surface area contributed by atoms with Crippen LogP contribution in [-0.2, 0) is 4.79 Å². The van der Waals surface area contributed by atoms with E-state index in [2.05, 4.69) is 10.3 Å². The van der Waals surface area contributed by atoms with Gasteiger partial charge in [-0.3, -0.25) is 9.59 Å². The molecule has 2 heterocycles. The zero-order valence-corrected chi connectivity index (χ0v) is 21.1. The highest BCUT2D eigenvalue weighted by Crippen LogP contribution is 2.64. The van der Waals surface area contributed by atoms with Gasteiger partial charge in [0.05, 0.1) is 5.03 Å². The van der Waals surface area contributed by atoms with Crippen molar-refractivity contribution in [1.82, 2.24) is 4.98 Å². The van der Waals surface area contributed by atoms with Crippen LogP contribution in [0.1, 0.15) is 41.2 Å². The quantitative estimate of drug-likeness (QED) is 0.435. The molecule has 2 aromatic carbocycles. The zero-order chi connectivity index (χ0) is 23.4. The van der Waals surface area contributed by atoms with Crippen molar-refractivity contribution in [2.24, 2.45) is 17.8 Å². The SMILES string of the molecule is Cc1ccccc1NC(=O)COc1ccc(Cl)cc1[C@H]1c2sc(=O)[nH]c2SC2C3CCC(C3)C21. The molecule has 3 aliphatic rings. The first kappa shape index (κ1) is 22.3. The number of thioether (sulfide) groups is 1. The minimum absolute atomic E-state index is 0.0167. The number of halogens is 1. The first-order valence-electron chi connectivity index (χ1n) is 11.7. The Balaban J connectivity index is 1.32. The molecule has 6 rings (SSSR count). The maximum Gasteiger partial charge on any atom is 0.305 e. The summed E-state index contributed by atoms with van der Waals surface area (Å²) >= 11 is 9.63. The topological polar surface area (TPSA) is 71.2 Å². The number of H-pyrrole nitrogens is 1. The summed E-state index contributed by atoms with van der Waals surface area (Å²) in [6.45, 7) is 1.86. The van der Waals surface area contributed by atoms with Crippen LogP contribution >= 0.6 is 34.7 Å². The molecule has 3 aromatic rings. The van der Waals surface area contributed by atoms with Gasteiger partial charge in [-0.05, 0) is 73.8 Å². The van der Waals surface area contributed by atoms with Crippen molar-refractivity contribution in [3.05, 3.63) is 73.2 Å². The van der Waals surface area contributed by atoms with Crippen molar-refractivity contribution in [3.8, 4) is 5.75 Å². The number of carbonyl (C=O) groups excluding carboxylic acids is 1. The van der Waals surface area contributed by atoms with Crippen LogP contribution in [-0.4, -0.2) is 22.7 Å². The highest BCUT2D eigenvalue weighted by atomic mass is 35.5. The number of aromatic nitrogens is 1. The van der Waals surface area contributed by atoms with E-state index in [9.17, 15) is 9.59 Å². The molecule has 5 nitrogen and oxygen atoms in total. The van der Waals surface area contributed by atoms with E-state index >= 15 is 0 Å². The largest absolute Gasteiger partial charge is 0.483 e. The van der Waals surface area contributed by atoms with E-state index in [1.165, 1.54) is 30.6 Å². The minimum Gasteiger partial charge on any atom is -0.483 e. The second kappa shape index (κ2) is 8.77. The number of amides is 1. The number of benzene rings is 2. The number of aryl methyl sites for hydroxylation is 1. The van der Waals surface area contributed by atoms with Crippen molar-refractivity contribution in [3.63, 3.8) is 0 Å². The number of para-hydroxylation sites is 1. The lowest BCUT2D eigenvalue weighted by atomic mass is 9.74. The normalized spacial score (nSPS) is 26.7. The van der Waals surface area contributed by atoms with Gasteiger partial charge in [-0.2, -0.15) is 0 Å². The molecule has 1 aromatic heterocycles. The van der Waals surface area contributed by atoms with E-state index in [1.807, 2.05) is 55.1 Å². The second-order valence-electron chi connectivity index (χ2n) is 9.51. The monoisotopic (exact) mass is 512 g/mol. The lowest BCUT2D eigenvalue weighted by molar-refractivity contribution is -0.118. The van der Waals surface area contributed by atoms with E-state index in [0.29, 0.717) is 33.8 Å². The molecule has 4 unspecified atom stereocenters. The first-order chi connectivity index (χ1) is 16.5. The van der Waals surface area contributed by atoms with Gasteiger partial charge in [0, 0.05) is 32.3 Å². The van der Waals surface area contributed by atoms with Gasteiger partial charge in [0.15, 0.2) is 6.61 Å². The molecule has 0 saturated heterocycles. The van der Waals surface area contributed by atoms with Crippen LogP contribution in [0.4, 0.5) is 5.69 Å². The molecule has 8 heteroatoms. The van der Waals surface area contributed by atoms with E-state index in [0.717, 1.165) is 26.7 Å². The Morgan fingerprint density at radius 3 is 2.88 bits per heavy atom. The molecule has 1 aliphatic heterocycles. The summed E-state index contributed by atoms with van der Waals surface area (Å²) in [5.41, 5.74) is 2.76. The van der Waals surface area contributed by atoms with Gasteiger partial charge < -0.3 is 15.0 Å². The number of thiazole rings is 1. The number of rotatable bonds is 5. The molecule has 2 bridgehead atoms. The molecule has 2 aliphatic carbocycles. The molecule has 2 fully saturated rings. The van der Waals surface area contributed by atoms with Crippen molar-refractivity contribution >= 4 is 46.3 Å². The van der Waals surface area contributed by atoms with Crippen LogP contribution < -0.4 is 14.9 Å². The number of hydrogen-bond acceptors (Lipinski definition) is 5. The van der Waals surface area contributed by atoms with Gasteiger partial charge >= 0.3 is 4.87 Å². The highest BCUT2D eigenvalue weighted by molar-refractivity contribution is 8.00. The number of aromatic amines is 1. The van der Waals surface area contributed by atoms with Crippen LogP contribution in [0.25, 0.3) is 0 Å². The molecular weight excluding hydrogens is 488 g/mol. The molecule has 2 saturated carbocycles. The van der Waals surface area contributed by atoms with Gasteiger partial charge in [0.2, 0.25) is 0 Å². The fourth-order valence-electron chi connectivity index (χ4n) is 6.13. The Morgan fingerprint density at radius 2 is 2.03 bits per heavy atom. The van der Waals surface area contributed by atoms with Crippen LogP contribution in [0.5, 0.6) is 5.75 Å². The third-order valence-corrected chi connectivity index (χ3v) is 10.4. The standard InChI is InChI=1S/C26H25ClN2O3S2/c1-13-4-2-3-5-18(13)28-20(30)12-32-19-9-8-16(27)11-17(19)22-21-14-6-7-15(10-14)23(21)33-25-24(22)34-26(31)29-25/h2-5,8-9,11,14-15,21-23H,6-7,10,12H2,1H3,(H,28,30)(H,29,31)/t14?,15?,21?,22-,23?/m1/s1. The number of nitrogens with one attached hydrogen (secondary N) is 2. The molecule has 2 N–H and O–H groups in total. The van der Waals surface area contributed by atoms with Crippen LogP contribution in [0.15, 0.2) is 52.3 Å². The second-order valence-corrected chi connectivity index (χ2v) is 12.2. The predicted octanol–water partition coefficient (Wildman–Crippen LogP) is 6.07. The third kappa shape index (κ3) is 3.88. The predicted molar refractivity (Wildman–Crippen MR) is 138 cm³/mol. The fraction of sp³-hybridized carbons (Fsp3) is 0.385. The van der Waals surface area contributed by atoms with Gasteiger partial charge in [-0.1, -0.05) is 41.1 Å². The molecule has 176 valence electrons. The Bertz CT molecular complexity index is 1320. The number of anilines is 1. The van der Waals surface area contributed by atoms with E-state index in [4.69, 9.17) is 16.3 Å². The van der Waals surface area contributed by atoms with Crippen LogP contribution in [0.2, 0.25) is 5.02 Å². The van der Waals surface area contributed by atoms with Crippen molar-refractivity contribution in [2.75, 3.05) is 11.9 Å².